The van der Waals surface area contributed by atoms with Crippen molar-refractivity contribution < 1.29 is 17.9 Å². The van der Waals surface area contributed by atoms with Crippen molar-refractivity contribution in [1.29, 1.82) is 0 Å². The third kappa shape index (κ3) is 7.08. The predicted molar refractivity (Wildman–Crippen MR) is 110 cm³/mol. The van der Waals surface area contributed by atoms with Crippen LogP contribution in [0.25, 0.3) is 0 Å². The van der Waals surface area contributed by atoms with Crippen LogP contribution in [0.2, 0.25) is 0 Å². The van der Waals surface area contributed by atoms with Crippen molar-refractivity contribution in [2.75, 3.05) is 26.7 Å². The molecule has 0 spiro atoms. The monoisotopic (exact) mass is 415 g/mol. The summed E-state index contributed by atoms with van der Waals surface area (Å²) >= 11 is 5.25. The number of nitrogens with one attached hydrogen (secondary N) is 2. The number of carbonyl (C=O) groups excluding carboxylic acids is 1. The highest BCUT2D eigenvalue weighted by Gasteiger charge is 2.21. The minimum Gasteiger partial charge on any atom is -0.469 e. The van der Waals surface area contributed by atoms with Crippen molar-refractivity contribution in [1.82, 2.24) is 14.9 Å². The van der Waals surface area contributed by atoms with Gasteiger partial charge in [0.15, 0.2) is 5.11 Å². The quantitative estimate of drug-likeness (QED) is 0.344. The van der Waals surface area contributed by atoms with Crippen LogP contribution in [0.1, 0.15) is 45.2 Å². The summed E-state index contributed by atoms with van der Waals surface area (Å²) in [6.45, 7) is 7.02. The highest BCUT2D eigenvalue weighted by atomic mass is 32.2. The first-order chi connectivity index (χ1) is 12.8. The molecule has 0 saturated heterocycles. The average Bonchev–Trinajstić information content (AvgIpc) is 2.65. The van der Waals surface area contributed by atoms with Gasteiger partial charge >= 0.3 is 5.97 Å². The fourth-order valence-corrected chi connectivity index (χ4v) is 4.25. The lowest BCUT2D eigenvalue weighted by Gasteiger charge is -2.20. The lowest BCUT2D eigenvalue weighted by molar-refractivity contribution is -0.140. The Bertz CT molecular complexity index is 717. The summed E-state index contributed by atoms with van der Waals surface area (Å²) in [6, 6.07) is 6.72. The Balaban J connectivity index is 2.60. The average molecular weight is 416 g/mol. The minimum atomic E-state index is -3.45. The van der Waals surface area contributed by atoms with E-state index in [-0.39, 0.29) is 16.9 Å². The van der Waals surface area contributed by atoms with Gasteiger partial charge in [0.25, 0.3) is 0 Å². The van der Waals surface area contributed by atoms with E-state index in [1.54, 1.807) is 24.3 Å². The van der Waals surface area contributed by atoms with Crippen molar-refractivity contribution in [2.45, 2.75) is 44.6 Å². The normalized spacial score (nSPS) is 12.5. The van der Waals surface area contributed by atoms with Gasteiger partial charge < -0.3 is 15.4 Å². The number of rotatable bonds is 10. The fraction of sp³-hybridized carbons (Fsp3) is 0.556. The molecule has 1 aromatic rings. The van der Waals surface area contributed by atoms with Crippen LogP contribution in [0, 0.1) is 0 Å². The first-order valence-corrected chi connectivity index (χ1v) is 10.8. The van der Waals surface area contributed by atoms with Gasteiger partial charge in [0.1, 0.15) is 0 Å². The van der Waals surface area contributed by atoms with Gasteiger partial charge in [-0.25, -0.2) is 8.42 Å². The van der Waals surface area contributed by atoms with Crippen molar-refractivity contribution in [3.05, 3.63) is 29.8 Å². The van der Waals surface area contributed by atoms with Gasteiger partial charge in [-0.3, -0.25) is 4.79 Å². The van der Waals surface area contributed by atoms with E-state index >= 15 is 0 Å². The number of benzene rings is 1. The van der Waals surface area contributed by atoms with Crippen LogP contribution < -0.4 is 10.6 Å². The van der Waals surface area contributed by atoms with Gasteiger partial charge in [-0.1, -0.05) is 26.0 Å². The van der Waals surface area contributed by atoms with Gasteiger partial charge in [-0.2, -0.15) is 4.31 Å². The van der Waals surface area contributed by atoms with E-state index in [1.165, 1.54) is 11.4 Å². The smallest absolute Gasteiger partial charge is 0.305 e. The maximum absolute atomic E-state index is 12.5. The van der Waals surface area contributed by atoms with Crippen molar-refractivity contribution in [3.63, 3.8) is 0 Å². The SMILES string of the molecule is CCN(CC)S(=O)(=O)c1ccc([C@@H](C)NC(=S)NCCCC(=O)OC)cc1. The molecular formula is C18H29N3O4S2. The zero-order valence-corrected chi connectivity index (χ0v) is 18.0. The van der Waals surface area contributed by atoms with E-state index in [4.69, 9.17) is 12.2 Å². The molecular weight excluding hydrogens is 386 g/mol. The second-order valence-electron chi connectivity index (χ2n) is 5.96. The van der Waals surface area contributed by atoms with Crippen molar-refractivity contribution >= 4 is 33.3 Å². The van der Waals surface area contributed by atoms with Crippen LogP contribution in [0.4, 0.5) is 0 Å². The van der Waals surface area contributed by atoms with Crippen LogP contribution >= 0.6 is 12.2 Å². The molecule has 0 radical (unpaired) electrons. The molecule has 0 bridgehead atoms. The Morgan fingerprint density at radius 3 is 2.33 bits per heavy atom. The molecule has 0 aliphatic heterocycles. The van der Waals surface area contributed by atoms with E-state index in [2.05, 4.69) is 15.4 Å². The number of sulfonamides is 1. The minimum absolute atomic E-state index is 0.0872. The number of thiocarbonyl (C=S) groups is 1. The summed E-state index contributed by atoms with van der Waals surface area (Å²) in [5.41, 5.74) is 0.923. The molecule has 0 aliphatic carbocycles. The Morgan fingerprint density at radius 1 is 1.22 bits per heavy atom. The van der Waals surface area contributed by atoms with Crippen LogP contribution in [-0.4, -0.2) is 50.5 Å². The fourth-order valence-electron chi connectivity index (χ4n) is 2.51. The predicted octanol–water partition coefficient (Wildman–Crippen LogP) is 2.20. The highest BCUT2D eigenvalue weighted by molar-refractivity contribution is 7.89. The van der Waals surface area contributed by atoms with Crippen LogP contribution in [-0.2, 0) is 19.6 Å². The summed E-state index contributed by atoms with van der Waals surface area (Å²) < 4.78 is 31.0. The second kappa shape index (κ2) is 11.2. The van der Waals surface area contributed by atoms with Crippen molar-refractivity contribution in [3.8, 4) is 0 Å². The van der Waals surface area contributed by atoms with Crippen molar-refractivity contribution in [2.24, 2.45) is 0 Å². The second-order valence-corrected chi connectivity index (χ2v) is 8.31. The standard InChI is InChI=1S/C18H29N3O4S2/c1-5-21(6-2)27(23,24)16-11-9-15(10-12-16)14(3)20-18(26)19-13-7-8-17(22)25-4/h9-12,14H,5-8,13H2,1-4H3,(H2,19,20,26)/t14-/m1/s1. The molecule has 0 aliphatic rings. The summed E-state index contributed by atoms with van der Waals surface area (Å²) in [7, 11) is -2.09. The largest absolute Gasteiger partial charge is 0.469 e. The molecule has 9 heteroatoms. The number of ether oxygens (including phenoxy) is 1. The van der Waals surface area contributed by atoms with E-state index in [0.717, 1.165) is 5.56 Å². The highest BCUT2D eigenvalue weighted by Crippen LogP contribution is 2.19. The van der Waals surface area contributed by atoms with E-state index < -0.39 is 10.0 Å². The molecule has 0 aromatic heterocycles. The molecule has 0 saturated carbocycles. The molecule has 0 unspecified atom stereocenters. The topological polar surface area (TPSA) is 87.7 Å². The van der Waals surface area contributed by atoms with Gasteiger partial charge in [0.2, 0.25) is 10.0 Å². The first-order valence-electron chi connectivity index (χ1n) is 8.97. The zero-order valence-electron chi connectivity index (χ0n) is 16.3. The summed E-state index contributed by atoms with van der Waals surface area (Å²) in [5, 5.41) is 6.66. The molecule has 0 heterocycles. The Morgan fingerprint density at radius 2 is 1.81 bits per heavy atom. The number of carbonyl (C=O) groups is 1. The number of hydrogen-bond acceptors (Lipinski definition) is 5. The van der Waals surface area contributed by atoms with E-state index in [1.807, 2.05) is 20.8 Å². The number of hydrogen-bond donors (Lipinski definition) is 2. The number of esters is 1. The Kier molecular flexibility index (Phi) is 9.68. The molecule has 0 fully saturated rings. The molecule has 7 nitrogen and oxygen atoms in total. The maximum Gasteiger partial charge on any atom is 0.305 e. The molecule has 0 amide bonds. The summed E-state index contributed by atoms with van der Waals surface area (Å²) in [6.07, 6.45) is 0.963. The first kappa shape index (κ1) is 23.3. The molecule has 1 atom stereocenters. The lowest BCUT2D eigenvalue weighted by atomic mass is 10.1. The molecule has 1 rings (SSSR count). The van der Waals surface area contributed by atoms with E-state index in [0.29, 0.717) is 37.6 Å². The Labute approximate surface area is 167 Å². The summed E-state index contributed by atoms with van der Waals surface area (Å²) in [5.74, 6) is -0.246. The summed E-state index contributed by atoms with van der Waals surface area (Å²) in [4.78, 5) is 11.3. The van der Waals surface area contributed by atoms with Gasteiger partial charge in [0, 0.05) is 26.1 Å². The molecule has 152 valence electrons. The molecule has 1 aromatic carbocycles. The zero-order chi connectivity index (χ0) is 20.4. The van der Waals surface area contributed by atoms with Gasteiger partial charge in [0.05, 0.1) is 18.0 Å². The van der Waals surface area contributed by atoms with Crippen LogP contribution in [0.3, 0.4) is 0 Å². The number of nitrogens with zero attached hydrogens (tertiary/aromatic N) is 1. The lowest BCUT2D eigenvalue weighted by Crippen LogP contribution is -2.37. The third-order valence-electron chi connectivity index (χ3n) is 4.14. The molecule has 2 N–H and O–H groups in total. The molecule has 27 heavy (non-hydrogen) atoms. The number of methoxy groups -OCH3 is 1. The van der Waals surface area contributed by atoms with Gasteiger partial charge in [-0.15, -0.1) is 0 Å². The Hall–Kier alpha value is -1.71. The van der Waals surface area contributed by atoms with Gasteiger partial charge in [-0.05, 0) is 43.3 Å². The third-order valence-corrected chi connectivity index (χ3v) is 6.47. The maximum atomic E-state index is 12.5. The van der Waals surface area contributed by atoms with E-state index in [9.17, 15) is 13.2 Å². The van der Waals surface area contributed by atoms with Crippen LogP contribution in [0.5, 0.6) is 0 Å². The van der Waals surface area contributed by atoms with Crippen LogP contribution in [0.15, 0.2) is 29.2 Å².